The van der Waals surface area contributed by atoms with Gasteiger partial charge in [-0.15, -0.1) is 0 Å². The van der Waals surface area contributed by atoms with Gasteiger partial charge in [0.05, 0.1) is 29.1 Å². The average Bonchev–Trinajstić information content (AvgIpc) is 2.62. The van der Waals surface area contributed by atoms with Gasteiger partial charge in [-0.1, -0.05) is 23.2 Å². The van der Waals surface area contributed by atoms with Crippen LogP contribution >= 0.6 is 23.2 Å². The fourth-order valence-corrected chi connectivity index (χ4v) is 2.96. The summed E-state index contributed by atoms with van der Waals surface area (Å²) in [5.74, 6) is -1.23. The van der Waals surface area contributed by atoms with Crippen LogP contribution in [-0.2, 0) is 14.3 Å². The highest BCUT2D eigenvalue weighted by molar-refractivity contribution is 6.42. The molecule has 1 saturated heterocycles. The number of esters is 1. The Labute approximate surface area is 156 Å². The van der Waals surface area contributed by atoms with E-state index in [1.54, 1.807) is 11.8 Å². The Hall–Kier alpha value is -1.79. The number of likely N-dealkylation sites (tertiary alicyclic amines) is 1. The first kappa shape index (κ1) is 19.5. The molecule has 2 rings (SSSR count). The molecule has 2 amide bonds. The van der Waals surface area contributed by atoms with Gasteiger partial charge in [0.25, 0.3) is 5.91 Å². The van der Waals surface area contributed by atoms with Crippen LogP contribution in [0.4, 0.5) is 0 Å². The van der Waals surface area contributed by atoms with Crippen molar-refractivity contribution in [2.45, 2.75) is 19.8 Å². The Bertz CT molecular complexity index is 666. The lowest BCUT2D eigenvalue weighted by atomic mass is 9.98. The zero-order valence-corrected chi connectivity index (χ0v) is 15.4. The van der Waals surface area contributed by atoms with Crippen molar-refractivity contribution in [2.24, 2.45) is 5.92 Å². The van der Waals surface area contributed by atoms with Crippen molar-refractivity contribution in [1.82, 2.24) is 10.2 Å². The van der Waals surface area contributed by atoms with Gasteiger partial charge in [-0.05, 0) is 38.0 Å². The molecule has 1 unspecified atom stereocenters. The topological polar surface area (TPSA) is 75.7 Å². The van der Waals surface area contributed by atoms with Gasteiger partial charge in [0.1, 0.15) is 0 Å². The number of piperidine rings is 1. The van der Waals surface area contributed by atoms with Crippen molar-refractivity contribution in [3.63, 3.8) is 0 Å². The zero-order valence-electron chi connectivity index (χ0n) is 13.9. The van der Waals surface area contributed by atoms with Crippen molar-refractivity contribution >= 4 is 41.0 Å². The van der Waals surface area contributed by atoms with E-state index < -0.39 is 5.91 Å². The van der Waals surface area contributed by atoms with E-state index in [2.05, 4.69) is 5.32 Å². The first-order chi connectivity index (χ1) is 11.9. The minimum atomic E-state index is -0.411. The van der Waals surface area contributed by atoms with Crippen LogP contribution < -0.4 is 5.32 Å². The van der Waals surface area contributed by atoms with E-state index in [1.807, 2.05) is 0 Å². The molecule has 0 radical (unpaired) electrons. The van der Waals surface area contributed by atoms with Gasteiger partial charge in [0.15, 0.2) is 0 Å². The van der Waals surface area contributed by atoms with E-state index >= 15 is 0 Å². The molecule has 0 bridgehead atoms. The monoisotopic (exact) mass is 386 g/mol. The van der Waals surface area contributed by atoms with Gasteiger partial charge in [0.2, 0.25) is 5.91 Å². The van der Waals surface area contributed by atoms with Gasteiger partial charge >= 0.3 is 5.97 Å². The highest BCUT2D eigenvalue weighted by Gasteiger charge is 2.29. The number of hydrogen-bond acceptors (Lipinski definition) is 4. The molecule has 0 spiro atoms. The lowest BCUT2D eigenvalue weighted by Gasteiger charge is -2.31. The van der Waals surface area contributed by atoms with Crippen LogP contribution in [0.2, 0.25) is 10.0 Å². The van der Waals surface area contributed by atoms with Crippen LogP contribution in [0.3, 0.4) is 0 Å². The standard InChI is InChI=1S/C17H20Cl2N2O4/c1-2-25-17(24)12-4-3-7-21(10-12)15(22)9-20-16(23)11-5-6-13(18)14(19)8-11/h5-6,8,12H,2-4,7,9-10H2,1H3,(H,20,23). The molecule has 1 aromatic carbocycles. The second kappa shape index (κ2) is 9.06. The van der Waals surface area contributed by atoms with Gasteiger partial charge in [0, 0.05) is 18.7 Å². The normalized spacial score (nSPS) is 17.1. The smallest absolute Gasteiger partial charge is 0.310 e. The van der Waals surface area contributed by atoms with E-state index in [0.29, 0.717) is 36.7 Å². The molecule has 1 N–H and O–H groups in total. The summed E-state index contributed by atoms with van der Waals surface area (Å²) < 4.78 is 5.02. The van der Waals surface area contributed by atoms with Crippen molar-refractivity contribution in [3.8, 4) is 0 Å². The number of carbonyl (C=O) groups is 3. The van der Waals surface area contributed by atoms with Gasteiger partial charge in [-0.3, -0.25) is 14.4 Å². The number of benzene rings is 1. The van der Waals surface area contributed by atoms with Crippen molar-refractivity contribution < 1.29 is 19.1 Å². The van der Waals surface area contributed by atoms with Crippen LogP contribution in [-0.4, -0.2) is 48.9 Å². The minimum absolute atomic E-state index is 0.144. The summed E-state index contributed by atoms with van der Waals surface area (Å²) in [7, 11) is 0. The molecular formula is C17H20Cl2N2O4. The number of nitrogens with zero attached hydrogens (tertiary/aromatic N) is 1. The van der Waals surface area contributed by atoms with E-state index in [0.717, 1.165) is 6.42 Å². The lowest BCUT2D eigenvalue weighted by molar-refractivity contribution is -0.151. The predicted molar refractivity (Wildman–Crippen MR) is 94.7 cm³/mol. The molecule has 1 aromatic rings. The summed E-state index contributed by atoms with van der Waals surface area (Å²) in [6, 6.07) is 4.50. The average molecular weight is 387 g/mol. The molecule has 1 heterocycles. The van der Waals surface area contributed by atoms with E-state index in [4.69, 9.17) is 27.9 Å². The number of hydrogen-bond donors (Lipinski definition) is 1. The fourth-order valence-electron chi connectivity index (χ4n) is 2.66. The quantitative estimate of drug-likeness (QED) is 0.788. The Morgan fingerprint density at radius 2 is 2.04 bits per heavy atom. The Balaban J connectivity index is 1.87. The summed E-state index contributed by atoms with van der Waals surface area (Å²) in [6.07, 6.45) is 1.44. The maximum atomic E-state index is 12.3. The first-order valence-electron chi connectivity index (χ1n) is 8.10. The Morgan fingerprint density at radius 3 is 2.72 bits per heavy atom. The van der Waals surface area contributed by atoms with E-state index in [9.17, 15) is 14.4 Å². The van der Waals surface area contributed by atoms with Crippen LogP contribution in [0, 0.1) is 5.92 Å². The van der Waals surface area contributed by atoms with Crippen LogP contribution in [0.1, 0.15) is 30.1 Å². The Morgan fingerprint density at radius 1 is 1.28 bits per heavy atom. The predicted octanol–water partition coefficient (Wildman–Crippen LogP) is 2.52. The summed E-state index contributed by atoms with van der Waals surface area (Å²) >= 11 is 11.7. The first-order valence-corrected chi connectivity index (χ1v) is 8.85. The minimum Gasteiger partial charge on any atom is -0.466 e. The third-order valence-corrected chi connectivity index (χ3v) is 4.72. The van der Waals surface area contributed by atoms with Crippen molar-refractivity contribution in [2.75, 3.05) is 26.2 Å². The van der Waals surface area contributed by atoms with Gasteiger partial charge < -0.3 is 15.0 Å². The van der Waals surface area contributed by atoms with Crippen LogP contribution in [0.15, 0.2) is 18.2 Å². The van der Waals surface area contributed by atoms with Crippen molar-refractivity contribution in [1.29, 1.82) is 0 Å². The number of carbonyl (C=O) groups excluding carboxylic acids is 3. The number of halogens is 2. The van der Waals surface area contributed by atoms with Gasteiger partial charge in [-0.2, -0.15) is 0 Å². The third kappa shape index (κ3) is 5.34. The largest absolute Gasteiger partial charge is 0.466 e. The molecule has 1 fully saturated rings. The third-order valence-electron chi connectivity index (χ3n) is 3.98. The number of ether oxygens (including phenoxy) is 1. The molecule has 8 heteroatoms. The summed E-state index contributed by atoms with van der Waals surface area (Å²) in [6.45, 7) is 2.82. The second-order valence-corrected chi connectivity index (χ2v) is 6.56. The molecule has 136 valence electrons. The van der Waals surface area contributed by atoms with Crippen molar-refractivity contribution in [3.05, 3.63) is 33.8 Å². The summed E-state index contributed by atoms with van der Waals surface area (Å²) in [4.78, 5) is 37.8. The molecule has 1 aliphatic heterocycles. The number of nitrogens with one attached hydrogen (secondary N) is 1. The fraction of sp³-hybridized carbons (Fsp3) is 0.471. The van der Waals surface area contributed by atoms with Gasteiger partial charge in [-0.25, -0.2) is 0 Å². The molecule has 0 aliphatic carbocycles. The second-order valence-electron chi connectivity index (χ2n) is 5.74. The number of amides is 2. The number of rotatable bonds is 5. The molecule has 25 heavy (non-hydrogen) atoms. The van der Waals surface area contributed by atoms with E-state index in [-0.39, 0.29) is 29.4 Å². The zero-order chi connectivity index (χ0) is 18.4. The summed E-state index contributed by atoms with van der Waals surface area (Å²) in [5.41, 5.74) is 0.324. The lowest BCUT2D eigenvalue weighted by Crippen LogP contribution is -2.46. The maximum Gasteiger partial charge on any atom is 0.310 e. The molecule has 1 atom stereocenters. The molecule has 6 nitrogen and oxygen atoms in total. The van der Waals surface area contributed by atoms with E-state index in [1.165, 1.54) is 18.2 Å². The molecule has 0 saturated carbocycles. The molecular weight excluding hydrogens is 367 g/mol. The summed E-state index contributed by atoms with van der Waals surface area (Å²) in [5, 5.41) is 3.19. The highest BCUT2D eigenvalue weighted by atomic mass is 35.5. The molecule has 1 aliphatic rings. The molecule has 0 aromatic heterocycles. The van der Waals surface area contributed by atoms with Crippen LogP contribution in [0.5, 0.6) is 0 Å². The Kier molecular flexibility index (Phi) is 7.08. The highest BCUT2D eigenvalue weighted by Crippen LogP contribution is 2.22. The maximum absolute atomic E-state index is 12.3. The van der Waals surface area contributed by atoms with Crippen LogP contribution in [0.25, 0.3) is 0 Å². The SMILES string of the molecule is CCOC(=O)C1CCCN(C(=O)CNC(=O)c2ccc(Cl)c(Cl)c2)C1.